The minimum Gasteiger partial charge on any atom is -0.327 e. The second-order valence-electron chi connectivity index (χ2n) is 5.27. The van der Waals surface area contributed by atoms with Crippen LogP contribution in [-0.4, -0.2) is 22.5 Å². The zero-order chi connectivity index (χ0) is 14.8. The number of hydrogen-bond donors (Lipinski definition) is 2. The number of carbonyl (C=O) groups is 1. The fourth-order valence-electron chi connectivity index (χ4n) is 2.54. The third-order valence-corrected chi connectivity index (χ3v) is 3.76. The predicted octanol–water partition coefficient (Wildman–Crippen LogP) is 2.27. The lowest BCUT2D eigenvalue weighted by atomic mass is 10.0. The Bertz CT molecular complexity index is 736. The van der Waals surface area contributed by atoms with E-state index < -0.39 is 0 Å². The molecular weight excluding hydrogens is 266 g/mol. The van der Waals surface area contributed by atoms with E-state index in [1.165, 1.54) is 17.3 Å². The highest BCUT2D eigenvalue weighted by atomic mass is 16.2. The summed E-state index contributed by atoms with van der Waals surface area (Å²) in [5.74, 6) is 0. The third-order valence-electron chi connectivity index (χ3n) is 3.76. The van der Waals surface area contributed by atoms with Gasteiger partial charge in [-0.2, -0.15) is 0 Å². The number of amides is 2. The number of nitrogens with one attached hydrogen (secondary N) is 2. The van der Waals surface area contributed by atoms with Crippen molar-refractivity contribution in [1.82, 2.24) is 9.88 Å². The van der Waals surface area contributed by atoms with Crippen molar-refractivity contribution >= 4 is 11.7 Å². The van der Waals surface area contributed by atoms with Crippen LogP contribution in [0.5, 0.6) is 0 Å². The summed E-state index contributed by atoms with van der Waals surface area (Å²) in [6.07, 6.45) is 2.39. The van der Waals surface area contributed by atoms with E-state index in [9.17, 15) is 9.59 Å². The number of aryl methyl sites for hydroxylation is 1. The van der Waals surface area contributed by atoms with Crippen molar-refractivity contribution in [2.24, 2.45) is 0 Å². The number of rotatable bonds is 1. The predicted molar refractivity (Wildman–Crippen MR) is 81.4 cm³/mol. The van der Waals surface area contributed by atoms with E-state index >= 15 is 0 Å². The van der Waals surface area contributed by atoms with Gasteiger partial charge in [-0.1, -0.05) is 24.3 Å². The molecule has 1 aromatic heterocycles. The summed E-state index contributed by atoms with van der Waals surface area (Å²) in [5, 5.41) is 2.83. The molecule has 108 valence electrons. The van der Waals surface area contributed by atoms with Crippen LogP contribution in [0.4, 0.5) is 10.5 Å². The van der Waals surface area contributed by atoms with Gasteiger partial charge in [-0.15, -0.1) is 0 Å². The Balaban J connectivity index is 1.72. The fourth-order valence-corrected chi connectivity index (χ4v) is 2.54. The smallest absolute Gasteiger partial charge is 0.322 e. The van der Waals surface area contributed by atoms with Gasteiger partial charge < -0.3 is 15.2 Å². The Morgan fingerprint density at radius 2 is 2.05 bits per heavy atom. The van der Waals surface area contributed by atoms with Crippen LogP contribution in [0.1, 0.15) is 16.7 Å². The molecule has 2 heterocycles. The Morgan fingerprint density at radius 1 is 1.29 bits per heavy atom. The molecule has 21 heavy (non-hydrogen) atoms. The third kappa shape index (κ3) is 2.81. The van der Waals surface area contributed by atoms with Crippen molar-refractivity contribution in [3.05, 3.63) is 63.6 Å². The lowest BCUT2D eigenvalue weighted by molar-refractivity contribution is 0.206. The molecule has 2 aromatic rings. The molecule has 5 nitrogen and oxygen atoms in total. The first-order chi connectivity index (χ1) is 10.1. The van der Waals surface area contributed by atoms with Gasteiger partial charge in [0.2, 0.25) is 0 Å². The summed E-state index contributed by atoms with van der Waals surface area (Å²) in [7, 11) is 0. The number of H-pyrrole nitrogens is 1. The summed E-state index contributed by atoms with van der Waals surface area (Å²) >= 11 is 0. The summed E-state index contributed by atoms with van der Waals surface area (Å²) < 4.78 is 0. The number of carbonyl (C=O) groups excluding carboxylic acids is 1. The van der Waals surface area contributed by atoms with Crippen LogP contribution in [0, 0.1) is 6.92 Å². The average Bonchev–Trinajstić information content (AvgIpc) is 2.50. The van der Waals surface area contributed by atoms with Gasteiger partial charge in [-0.3, -0.25) is 4.79 Å². The van der Waals surface area contributed by atoms with Crippen molar-refractivity contribution < 1.29 is 4.79 Å². The summed E-state index contributed by atoms with van der Waals surface area (Å²) in [4.78, 5) is 28.0. The molecule has 0 unspecified atom stereocenters. The van der Waals surface area contributed by atoms with Crippen LogP contribution in [0.25, 0.3) is 0 Å². The molecule has 3 rings (SSSR count). The second kappa shape index (κ2) is 5.44. The van der Waals surface area contributed by atoms with Crippen LogP contribution in [0.3, 0.4) is 0 Å². The number of aromatic nitrogens is 1. The van der Waals surface area contributed by atoms with E-state index in [2.05, 4.69) is 22.4 Å². The van der Waals surface area contributed by atoms with Crippen molar-refractivity contribution in [3.63, 3.8) is 0 Å². The van der Waals surface area contributed by atoms with Crippen LogP contribution in [0.15, 0.2) is 41.3 Å². The van der Waals surface area contributed by atoms with Crippen LogP contribution in [-0.2, 0) is 13.0 Å². The summed E-state index contributed by atoms with van der Waals surface area (Å²) in [5.41, 5.74) is 3.55. The first-order valence-corrected chi connectivity index (χ1v) is 6.95. The lowest BCUT2D eigenvalue weighted by Crippen LogP contribution is -2.38. The first-order valence-electron chi connectivity index (χ1n) is 6.95. The number of hydrogen-bond acceptors (Lipinski definition) is 2. The molecule has 0 aliphatic carbocycles. The molecule has 2 amide bonds. The van der Waals surface area contributed by atoms with Crippen molar-refractivity contribution in [2.45, 2.75) is 19.9 Å². The second-order valence-corrected chi connectivity index (χ2v) is 5.27. The number of nitrogens with zero attached hydrogens (tertiary/aromatic N) is 1. The quantitative estimate of drug-likeness (QED) is 0.843. The zero-order valence-electron chi connectivity index (χ0n) is 11.8. The Labute approximate surface area is 122 Å². The standard InChI is InChI=1S/C16H17N3O2/c1-11-8-14(9-17-15(11)20)18-16(21)19-7-6-12-4-2-3-5-13(12)10-19/h2-5,8-9H,6-7,10H2,1H3,(H,17,20)(H,18,21). The normalized spacial score (nSPS) is 13.7. The summed E-state index contributed by atoms with van der Waals surface area (Å²) in [6, 6.07) is 9.71. The van der Waals surface area contributed by atoms with Gasteiger partial charge in [0.1, 0.15) is 0 Å². The molecule has 0 bridgehead atoms. The van der Waals surface area contributed by atoms with Crippen LogP contribution in [0.2, 0.25) is 0 Å². The van der Waals surface area contributed by atoms with E-state index in [0.29, 0.717) is 24.3 Å². The molecule has 0 saturated heterocycles. The topological polar surface area (TPSA) is 65.2 Å². The first kappa shape index (κ1) is 13.4. The molecule has 0 radical (unpaired) electrons. The Hall–Kier alpha value is -2.56. The average molecular weight is 283 g/mol. The van der Waals surface area contributed by atoms with Gasteiger partial charge in [0.05, 0.1) is 5.69 Å². The molecule has 1 aliphatic rings. The number of fused-ring (bicyclic) bond motifs is 1. The summed E-state index contributed by atoms with van der Waals surface area (Å²) in [6.45, 7) is 3.03. The number of aromatic amines is 1. The Kier molecular flexibility index (Phi) is 3.48. The molecule has 2 N–H and O–H groups in total. The number of anilines is 1. The number of urea groups is 1. The maximum absolute atomic E-state index is 12.3. The largest absolute Gasteiger partial charge is 0.327 e. The monoisotopic (exact) mass is 283 g/mol. The van der Waals surface area contributed by atoms with E-state index in [4.69, 9.17) is 0 Å². The van der Waals surface area contributed by atoms with Gasteiger partial charge in [0.25, 0.3) is 5.56 Å². The molecule has 0 atom stereocenters. The van der Waals surface area contributed by atoms with Crippen molar-refractivity contribution in [3.8, 4) is 0 Å². The van der Waals surface area contributed by atoms with E-state index in [0.717, 1.165) is 6.42 Å². The van der Waals surface area contributed by atoms with E-state index in [1.54, 1.807) is 17.9 Å². The molecule has 0 spiro atoms. The molecule has 5 heteroatoms. The van der Waals surface area contributed by atoms with Crippen LogP contribution >= 0.6 is 0 Å². The molecular formula is C16H17N3O2. The number of pyridine rings is 1. The number of benzene rings is 1. The van der Waals surface area contributed by atoms with Crippen LogP contribution < -0.4 is 10.9 Å². The van der Waals surface area contributed by atoms with Gasteiger partial charge in [-0.25, -0.2) is 4.79 Å². The molecule has 0 fully saturated rings. The van der Waals surface area contributed by atoms with Crippen molar-refractivity contribution in [2.75, 3.05) is 11.9 Å². The SMILES string of the molecule is Cc1cc(NC(=O)N2CCc3ccccc3C2)c[nH]c1=O. The van der Waals surface area contributed by atoms with Gasteiger partial charge in [0.15, 0.2) is 0 Å². The van der Waals surface area contributed by atoms with Gasteiger partial charge in [0, 0.05) is 24.8 Å². The highest BCUT2D eigenvalue weighted by Gasteiger charge is 2.20. The van der Waals surface area contributed by atoms with Crippen molar-refractivity contribution in [1.29, 1.82) is 0 Å². The Morgan fingerprint density at radius 3 is 2.81 bits per heavy atom. The maximum Gasteiger partial charge on any atom is 0.322 e. The van der Waals surface area contributed by atoms with Gasteiger partial charge >= 0.3 is 6.03 Å². The van der Waals surface area contributed by atoms with Gasteiger partial charge in [-0.05, 0) is 30.5 Å². The molecule has 1 aliphatic heterocycles. The highest BCUT2D eigenvalue weighted by molar-refractivity contribution is 5.89. The van der Waals surface area contributed by atoms with E-state index in [-0.39, 0.29) is 11.6 Å². The molecule has 0 saturated carbocycles. The lowest BCUT2D eigenvalue weighted by Gasteiger charge is -2.28. The molecule has 1 aromatic carbocycles. The zero-order valence-corrected chi connectivity index (χ0v) is 11.8. The van der Waals surface area contributed by atoms with E-state index in [1.807, 2.05) is 12.1 Å². The minimum absolute atomic E-state index is 0.139. The highest BCUT2D eigenvalue weighted by Crippen LogP contribution is 2.19. The fraction of sp³-hybridized carbons (Fsp3) is 0.250. The maximum atomic E-state index is 12.3. The minimum atomic E-state index is -0.143.